The third kappa shape index (κ3) is 2.85. The molecule has 0 radical (unpaired) electrons. The summed E-state index contributed by atoms with van der Waals surface area (Å²) in [5, 5.41) is 9.04. The van der Waals surface area contributed by atoms with Crippen LogP contribution in [-0.4, -0.2) is 27.7 Å². The van der Waals surface area contributed by atoms with E-state index in [-0.39, 0.29) is 5.69 Å². The molecule has 0 bridgehead atoms. The predicted molar refractivity (Wildman–Crippen MR) is 67.6 cm³/mol. The second-order valence-electron chi connectivity index (χ2n) is 4.16. The fourth-order valence-electron chi connectivity index (χ4n) is 1.99. The molecule has 1 heterocycles. The topological polar surface area (TPSA) is 72.3 Å². The van der Waals surface area contributed by atoms with Gasteiger partial charge in [0.1, 0.15) is 5.60 Å². The Labute approximate surface area is 107 Å². The Hall–Kier alpha value is -1.49. The molecule has 18 heavy (non-hydrogen) atoms. The molecule has 1 aromatic heterocycles. The molecule has 0 aromatic carbocycles. The molecular formula is C13H20N2O3. The Morgan fingerprint density at radius 1 is 1.33 bits per heavy atom. The summed E-state index contributed by atoms with van der Waals surface area (Å²) in [6.07, 6.45) is 1.42. The zero-order valence-corrected chi connectivity index (χ0v) is 11.4. The third-order valence-electron chi connectivity index (χ3n) is 3.04. The van der Waals surface area contributed by atoms with Crippen molar-refractivity contribution >= 4 is 5.97 Å². The van der Waals surface area contributed by atoms with Gasteiger partial charge in [0.15, 0.2) is 11.5 Å². The number of hydrogen-bond donors (Lipinski definition) is 1. The van der Waals surface area contributed by atoms with E-state index in [1.54, 1.807) is 6.92 Å². The molecule has 0 saturated heterocycles. The minimum Gasteiger partial charge on any atom is -0.477 e. The summed E-state index contributed by atoms with van der Waals surface area (Å²) in [6, 6.07) is 1.47. The highest BCUT2D eigenvalue weighted by molar-refractivity contribution is 5.85. The summed E-state index contributed by atoms with van der Waals surface area (Å²) >= 11 is 0. The van der Waals surface area contributed by atoms with Gasteiger partial charge in [-0.2, -0.15) is 0 Å². The van der Waals surface area contributed by atoms with Gasteiger partial charge in [0.2, 0.25) is 0 Å². The number of aromatic nitrogens is 2. The maximum atomic E-state index is 11.0. The summed E-state index contributed by atoms with van der Waals surface area (Å²) in [7, 11) is 0. The van der Waals surface area contributed by atoms with Gasteiger partial charge in [-0.15, -0.1) is 0 Å². The van der Waals surface area contributed by atoms with Crippen molar-refractivity contribution in [1.29, 1.82) is 0 Å². The van der Waals surface area contributed by atoms with Gasteiger partial charge in [-0.25, -0.2) is 14.8 Å². The van der Waals surface area contributed by atoms with Gasteiger partial charge < -0.3 is 9.84 Å². The maximum absolute atomic E-state index is 11.0. The van der Waals surface area contributed by atoms with Crippen molar-refractivity contribution in [3.05, 3.63) is 23.3 Å². The van der Waals surface area contributed by atoms with Crippen LogP contribution in [0, 0.1) is 6.92 Å². The number of rotatable bonds is 6. The summed E-state index contributed by atoms with van der Waals surface area (Å²) in [4.78, 5) is 19.5. The van der Waals surface area contributed by atoms with Crippen LogP contribution < -0.4 is 0 Å². The number of carboxylic acid groups (broad SMARTS) is 1. The first kappa shape index (κ1) is 14.6. The fourth-order valence-corrected chi connectivity index (χ4v) is 1.99. The van der Waals surface area contributed by atoms with Crippen molar-refractivity contribution in [2.45, 2.75) is 46.1 Å². The van der Waals surface area contributed by atoms with Crippen LogP contribution in [0.1, 0.15) is 55.6 Å². The Bertz CT molecular complexity index is 428. The molecule has 1 N–H and O–H groups in total. The zero-order valence-electron chi connectivity index (χ0n) is 11.4. The molecule has 0 aliphatic rings. The molecule has 5 heteroatoms. The molecule has 0 atom stereocenters. The first-order chi connectivity index (χ1) is 8.49. The normalized spacial score (nSPS) is 11.6. The van der Waals surface area contributed by atoms with E-state index in [0.717, 1.165) is 0 Å². The first-order valence-corrected chi connectivity index (χ1v) is 6.22. The minimum atomic E-state index is -1.04. The molecule has 0 spiro atoms. The summed E-state index contributed by atoms with van der Waals surface area (Å²) in [5.74, 6) is -0.578. The third-order valence-corrected chi connectivity index (χ3v) is 3.04. The number of carboxylic acids is 1. The van der Waals surface area contributed by atoms with Crippen molar-refractivity contribution in [1.82, 2.24) is 9.97 Å². The van der Waals surface area contributed by atoms with E-state index in [4.69, 9.17) is 9.84 Å². The molecule has 100 valence electrons. The van der Waals surface area contributed by atoms with E-state index in [0.29, 0.717) is 31.0 Å². The van der Waals surface area contributed by atoms with Crippen LogP contribution in [-0.2, 0) is 10.3 Å². The first-order valence-electron chi connectivity index (χ1n) is 6.22. The average molecular weight is 252 g/mol. The highest BCUT2D eigenvalue weighted by Crippen LogP contribution is 2.30. The molecule has 1 aromatic rings. The Kier molecular flexibility index (Phi) is 4.78. The zero-order chi connectivity index (χ0) is 13.8. The van der Waals surface area contributed by atoms with Gasteiger partial charge in [-0.1, -0.05) is 13.8 Å². The van der Waals surface area contributed by atoms with E-state index in [9.17, 15) is 4.79 Å². The lowest BCUT2D eigenvalue weighted by Crippen LogP contribution is -2.31. The monoisotopic (exact) mass is 252 g/mol. The average Bonchev–Trinajstić information content (AvgIpc) is 2.35. The molecule has 5 nitrogen and oxygen atoms in total. The fraction of sp³-hybridized carbons (Fsp3) is 0.615. The molecule has 0 aliphatic carbocycles. The number of ether oxygens (including phenoxy) is 1. The SMILES string of the molecule is CCOC(CC)(CC)c1nc(C)cc(C(=O)O)n1. The van der Waals surface area contributed by atoms with Crippen LogP contribution in [0.25, 0.3) is 0 Å². The van der Waals surface area contributed by atoms with Crippen LogP contribution in [0.4, 0.5) is 0 Å². The number of nitrogens with zero attached hydrogens (tertiary/aromatic N) is 2. The largest absolute Gasteiger partial charge is 0.477 e. The number of carbonyl (C=O) groups is 1. The lowest BCUT2D eigenvalue weighted by atomic mass is 9.95. The maximum Gasteiger partial charge on any atom is 0.354 e. The Balaban J connectivity index is 3.31. The quantitative estimate of drug-likeness (QED) is 0.842. The van der Waals surface area contributed by atoms with Crippen molar-refractivity contribution in [2.24, 2.45) is 0 Å². The van der Waals surface area contributed by atoms with Crippen molar-refractivity contribution < 1.29 is 14.6 Å². The molecule has 1 rings (SSSR count). The Morgan fingerprint density at radius 2 is 1.94 bits per heavy atom. The minimum absolute atomic E-state index is 0.0171. The van der Waals surface area contributed by atoms with Crippen LogP contribution in [0.15, 0.2) is 6.07 Å². The van der Waals surface area contributed by atoms with Crippen LogP contribution in [0.5, 0.6) is 0 Å². The van der Waals surface area contributed by atoms with Crippen LogP contribution >= 0.6 is 0 Å². The lowest BCUT2D eigenvalue weighted by molar-refractivity contribution is -0.0573. The Morgan fingerprint density at radius 3 is 2.39 bits per heavy atom. The predicted octanol–water partition coefficient (Wildman–Crippen LogP) is 2.54. The highest BCUT2D eigenvalue weighted by Gasteiger charge is 2.33. The molecule has 0 fully saturated rings. The second kappa shape index (κ2) is 5.91. The molecule has 0 aliphatic heterocycles. The van der Waals surface area contributed by atoms with E-state index in [1.165, 1.54) is 6.07 Å². The van der Waals surface area contributed by atoms with Gasteiger partial charge in [-0.3, -0.25) is 0 Å². The number of aryl methyl sites for hydroxylation is 1. The van der Waals surface area contributed by atoms with Gasteiger partial charge in [0, 0.05) is 12.3 Å². The van der Waals surface area contributed by atoms with E-state index in [2.05, 4.69) is 9.97 Å². The van der Waals surface area contributed by atoms with Gasteiger partial charge in [0.25, 0.3) is 0 Å². The molecule has 0 saturated carbocycles. The van der Waals surface area contributed by atoms with Crippen LogP contribution in [0.3, 0.4) is 0 Å². The van der Waals surface area contributed by atoms with Gasteiger partial charge >= 0.3 is 5.97 Å². The van der Waals surface area contributed by atoms with E-state index in [1.807, 2.05) is 20.8 Å². The lowest BCUT2D eigenvalue weighted by Gasteiger charge is -2.30. The van der Waals surface area contributed by atoms with Gasteiger partial charge in [-0.05, 0) is 32.8 Å². The molecule has 0 unspecified atom stereocenters. The van der Waals surface area contributed by atoms with Crippen molar-refractivity contribution in [3.8, 4) is 0 Å². The van der Waals surface area contributed by atoms with E-state index < -0.39 is 11.6 Å². The summed E-state index contributed by atoms with van der Waals surface area (Å²) in [6.45, 7) is 8.20. The van der Waals surface area contributed by atoms with Gasteiger partial charge in [0.05, 0.1) is 0 Å². The highest BCUT2D eigenvalue weighted by atomic mass is 16.5. The van der Waals surface area contributed by atoms with E-state index >= 15 is 0 Å². The molecular weight excluding hydrogens is 232 g/mol. The van der Waals surface area contributed by atoms with Crippen molar-refractivity contribution in [3.63, 3.8) is 0 Å². The van der Waals surface area contributed by atoms with Crippen LogP contribution in [0.2, 0.25) is 0 Å². The summed E-state index contributed by atoms with van der Waals surface area (Å²) < 4.78 is 5.79. The number of hydrogen-bond acceptors (Lipinski definition) is 4. The second-order valence-corrected chi connectivity index (χ2v) is 4.16. The smallest absolute Gasteiger partial charge is 0.354 e. The standard InChI is InChI=1S/C13H20N2O3/c1-5-13(6-2,18-7-3)12-14-9(4)8-10(15-12)11(16)17/h8H,5-7H2,1-4H3,(H,16,17). The van der Waals surface area contributed by atoms with Crippen molar-refractivity contribution in [2.75, 3.05) is 6.61 Å². The summed E-state index contributed by atoms with van der Waals surface area (Å²) in [5.41, 5.74) is 0.0668. The number of aromatic carboxylic acids is 1. The molecule has 0 amide bonds.